The number of carbonyl (C=O) groups is 1. The molecule has 2 aliphatic rings. The van der Waals surface area contributed by atoms with Crippen LogP contribution in [0.15, 0.2) is 30.6 Å². The summed E-state index contributed by atoms with van der Waals surface area (Å²) in [6, 6.07) is 5.02. The number of hydrogen-bond acceptors (Lipinski definition) is 7. The molecule has 0 bridgehead atoms. The molecule has 2 fully saturated rings. The fourth-order valence-electron chi connectivity index (χ4n) is 4.89. The van der Waals surface area contributed by atoms with E-state index in [2.05, 4.69) is 4.98 Å². The van der Waals surface area contributed by atoms with Gasteiger partial charge in [-0.3, -0.25) is 9.20 Å². The quantitative estimate of drug-likeness (QED) is 0.364. The molecule has 0 radical (unpaired) electrons. The zero-order valence-corrected chi connectivity index (χ0v) is 20.6. The van der Waals surface area contributed by atoms with E-state index in [1.807, 2.05) is 6.07 Å². The number of carbonyl (C=O) groups excluding carboxylic acids is 1. The number of alkyl halides is 2. The molecule has 198 valence electrons. The van der Waals surface area contributed by atoms with Gasteiger partial charge in [-0.1, -0.05) is 0 Å². The zero-order chi connectivity index (χ0) is 25.9. The number of hydrogen-bond donors (Lipinski definition) is 1. The second kappa shape index (κ2) is 11.0. The average Bonchev–Trinajstić information content (AvgIpc) is 3.62. The Morgan fingerprint density at radius 1 is 1.16 bits per heavy atom. The van der Waals surface area contributed by atoms with Crippen LogP contribution in [0.3, 0.4) is 0 Å². The molecule has 10 heteroatoms. The Morgan fingerprint density at radius 3 is 2.59 bits per heavy atom. The lowest BCUT2D eigenvalue weighted by Gasteiger charge is -2.24. The second-order valence-corrected chi connectivity index (χ2v) is 9.42. The van der Waals surface area contributed by atoms with E-state index in [4.69, 9.17) is 18.9 Å². The van der Waals surface area contributed by atoms with Crippen LogP contribution in [0.2, 0.25) is 0 Å². The topological polar surface area (TPSA) is 91.5 Å². The largest absolute Gasteiger partial charge is 0.496 e. The fraction of sp³-hybridized carbons (Fsp3) is 0.481. The lowest BCUT2D eigenvalue weighted by atomic mass is 9.91. The van der Waals surface area contributed by atoms with Crippen molar-refractivity contribution < 1.29 is 37.6 Å². The number of imidazole rings is 1. The van der Waals surface area contributed by atoms with Gasteiger partial charge in [0, 0.05) is 30.8 Å². The molecule has 5 rings (SSSR count). The van der Waals surface area contributed by atoms with Crippen LogP contribution in [-0.4, -0.2) is 60.4 Å². The van der Waals surface area contributed by atoms with Gasteiger partial charge in [0.2, 0.25) is 0 Å². The van der Waals surface area contributed by atoms with E-state index in [1.165, 1.54) is 13.2 Å². The van der Waals surface area contributed by atoms with E-state index < -0.39 is 6.61 Å². The summed E-state index contributed by atoms with van der Waals surface area (Å²) in [5, 5.41) is 9.34. The minimum atomic E-state index is -3.10. The van der Waals surface area contributed by atoms with Crippen LogP contribution in [0.1, 0.15) is 53.9 Å². The van der Waals surface area contributed by atoms with Crippen molar-refractivity contribution in [1.82, 2.24) is 9.38 Å². The number of aliphatic hydroxyl groups is 1. The summed E-state index contributed by atoms with van der Waals surface area (Å²) in [5.41, 5.74) is 2.75. The van der Waals surface area contributed by atoms with Crippen LogP contribution in [-0.2, 0) is 4.74 Å². The van der Waals surface area contributed by atoms with Gasteiger partial charge in [-0.05, 0) is 55.7 Å². The Kier molecular flexibility index (Phi) is 7.57. The number of nitrogens with zero attached hydrogens (tertiary/aromatic N) is 2. The highest BCUT2D eigenvalue weighted by Gasteiger charge is 2.30. The molecule has 1 saturated heterocycles. The van der Waals surface area contributed by atoms with Gasteiger partial charge in [-0.25, -0.2) is 4.98 Å². The maximum absolute atomic E-state index is 13.4. The van der Waals surface area contributed by atoms with Gasteiger partial charge in [-0.2, -0.15) is 8.78 Å². The van der Waals surface area contributed by atoms with Gasteiger partial charge in [0.1, 0.15) is 35.1 Å². The SMILES string of the molecule is COc1cc(-c2cnc3cc(C4CCOCC4)c(OCCO)cn23)cc(OC(F)F)c1C(=O)CC1CC1. The molecule has 0 amide bonds. The smallest absolute Gasteiger partial charge is 0.387 e. The maximum Gasteiger partial charge on any atom is 0.387 e. The number of pyridine rings is 1. The predicted molar refractivity (Wildman–Crippen MR) is 131 cm³/mol. The second-order valence-electron chi connectivity index (χ2n) is 9.42. The number of benzene rings is 1. The summed E-state index contributed by atoms with van der Waals surface area (Å²) < 4.78 is 50.2. The van der Waals surface area contributed by atoms with Crippen molar-refractivity contribution in [2.24, 2.45) is 5.92 Å². The molecule has 3 heterocycles. The first-order valence-electron chi connectivity index (χ1n) is 12.5. The number of methoxy groups -OCH3 is 1. The van der Waals surface area contributed by atoms with Crippen LogP contribution < -0.4 is 14.2 Å². The summed E-state index contributed by atoms with van der Waals surface area (Å²) >= 11 is 0. The van der Waals surface area contributed by atoms with Crippen LogP contribution >= 0.6 is 0 Å². The summed E-state index contributed by atoms with van der Waals surface area (Å²) in [7, 11) is 1.40. The highest BCUT2D eigenvalue weighted by Crippen LogP contribution is 2.41. The first-order chi connectivity index (χ1) is 18.0. The van der Waals surface area contributed by atoms with Gasteiger partial charge in [-0.15, -0.1) is 0 Å². The molecule has 3 aromatic rings. The fourth-order valence-corrected chi connectivity index (χ4v) is 4.89. The molecule has 0 spiro atoms. The van der Waals surface area contributed by atoms with E-state index in [-0.39, 0.29) is 54.3 Å². The number of rotatable bonds is 11. The summed E-state index contributed by atoms with van der Waals surface area (Å²) in [6.07, 6.45) is 7.30. The van der Waals surface area contributed by atoms with Gasteiger partial charge in [0.05, 0.1) is 31.8 Å². The van der Waals surface area contributed by atoms with Crippen LogP contribution in [0.4, 0.5) is 8.78 Å². The van der Waals surface area contributed by atoms with Crippen LogP contribution in [0, 0.1) is 5.92 Å². The molecular weight excluding hydrogens is 486 g/mol. The van der Waals surface area contributed by atoms with E-state index in [0.717, 1.165) is 31.2 Å². The Morgan fingerprint density at radius 2 is 1.92 bits per heavy atom. The minimum Gasteiger partial charge on any atom is -0.496 e. The molecule has 1 N–H and O–H groups in total. The van der Waals surface area contributed by atoms with Crippen LogP contribution in [0.25, 0.3) is 16.9 Å². The van der Waals surface area contributed by atoms with Crippen molar-refractivity contribution in [2.75, 3.05) is 33.5 Å². The molecule has 2 aromatic heterocycles. The molecule has 1 aliphatic heterocycles. The van der Waals surface area contributed by atoms with E-state index in [1.54, 1.807) is 22.9 Å². The predicted octanol–water partition coefficient (Wildman–Crippen LogP) is 4.86. The van der Waals surface area contributed by atoms with E-state index in [0.29, 0.717) is 35.9 Å². The number of Topliss-reactive ketones (excluding diaryl/α,β-unsaturated/α-hetero) is 1. The van der Waals surface area contributed by atoms with E-state index in [9.17, 15) is 18.7 Å². The van der Waals surface area contributed by atoms with Gasteiger partial charge >= 0.3 is 6.61 Å². The zero-order valence-electron chi connectivity index (χ0n) is 20.6. The minimum absolute atomic E-state index is 0.0287. The average molecular weight is 517 g/mol. The van der Waals surface area contributed by atoms with Gasteiger partial charge < -0.3 is 24.1 Å². The number of aliphatic hydroxyl groups excluding tert-OH is 1. The molecular formula is C27H30F2N2O6. The third kappa shape index (κ3) is 5.55. The molecule has 1 saturated carbocycles. The van der Waals surface area contributed by atoms with Crippen molar-refractivity contribution in [2.45, 2.75) is 44.6 Å². The van der Waals surface area contributed by atoms with Crippen molar-refractivity contribution in [1.29, 1.82) is 0 Å². The molecule has 0 unspecified atom stereocenters. The van der Waals surface area contributed by atoms with Crippen molar-refractivity contribution in [3.8, 4) is 28.5 Å². The highest BCUT2D eigenvalue weighted by molar-refractivity contribution is 6.02. The monoisotopic (exact) mass is 516 g/mol. The van der Waals surface area contributed by atoms with E-state index >= 15 is 0 Å². The van der Waals surface area contributed by atoms with Crippen molar-refractivity contribution in [3.05, 3.63) is 41.7 Å². The Bertz CT molecular complexity index is 1270. The first kappa shape index (κ1) is 25.4. The highest BCUT2D eigenvalue weighted by atomic mass is 19.3. The number of aromatic nitrogens is 2. The molecule has 37 heavy (non-hydrogen) atoms. The first-order valence-corrected chi connectivity index (χ1v) is 12.5. The molecule has 1 aromatic carbocycles. The molecule has 8 nitrogen and oxygen atoms in total. The summed E-state index contributed by atoms with van der Waals surface area (Å²) in [5.74, 6) is 0.790. The number of ether oxygens (including phenoxy) is 4. The number of halogens is 2. The normalized spacial score (nSPS) is 16.4. The summed E-state index contributed by atoms with van der Waals surface area (Å²) in [4.78, 5) is 17.5. The maximum atomic E-state index is 13.4. The number of ketones is 1. The molecule has 1 aliphatic carbocycles. The standard InChI is InChI=1S/C27H30F2N2O6/c1-34-22-11-18(12-23(37-27(28)29)26(22)21(33)10-16-2-3-16)20-14-30-25-13-19(17-4-7-35-8-5-17)24(15-31(20)25)36-9-6-32/h11-17,27,32H,2-10H2,1H3. The van der Waals surface area contributed by atoms with Gasteiger partial charge in [0.25, 0.3) is 0 Å². The Balaban J connectivity index is 1.59. The van der Waals surface area contributed by atoms with Crippen LogP contribution in [0.5, 0.6) is 17.2 Å². The molecule has 0 atom stereocenters. The number of fused-ring (bicyclic) bond motifs is 1. The lowest BCUT2D eigenvalue weighted by Crippen LogP contribution is -2.16. The Hall–Kier alpha value is -3.24. The lowest BCUT2D eigenvalue weighted by molar-refractivity contribution is -0.0502. The summed E-state index contributed by atoms with van der Waals surface area (Å²) in [6.45, 7) is -1.79. The third-order valence-corrected chi connectivity index (χ3v) is 6.90. The van der Waals surface area contributed by atoms with Gasteiger partial charge in [0.15, 0.2) is 5.78 Å². The van der Waals surface area contributed by atoms with Crippen molar-refractivity contribution in [3.63, 3.8) is 0 Å². The third-order valence-electron chi connectivity index (χ3n) is 6.90. The Labute approximate surface area is 213 Å². The van der Waals surface area contributed by atoms with Crippen molar-refractivity contribution >= 4 is 11.4 Å².